The molecule has 0 spiro atoms. The second-order valence-electron chi connectivity index (χ2n) is 5.35. The Bertz CT molecular complexity index is 775. The second kappa shape index (κ2) is 7.31. The van der Waals surface area contributed by atoms with Gasteiger partial charge in [-0.05, 0) is 54.9 Å². The average Bonchev–Trinajstić information content (AvgIpc) is 3.01. The van der Waals surface area contributed by atoms with Gasteiger partial charge in [0.2, 0.25) is 0 Å². The van der Waals surface area contributed by atoms with Crippen LogP contribution in [0.1, 0.15) is 17.5 Å². The summed E-state index contributed by atoms with van der Waals surface area (Å²) in [7, 11) is 3.27. The van der Waals surface area contributed by atoms with E-state index in [1.165, 1.54) is 5.56 Å². The number of aryl methyl sites for hydroxylation is 1. The zero-order chi connectivity index (χ0) is 16.9. The number of methoxy groups -OCH3 is 2. The first-order valence-electron chi connectivity index (χ1n) is 7.65. The van der Waals surface area contributed by atoms with Crippen LogP contribution in [0.4, 0.5) is 5.69 Å². The smallest absolute Gasteiger partial charge is 0.191 e. The van der Waals surface area contributed by atoms with Crippen LogP contribution in [-0.2, 0) is 6.42 Å². The number of thiocarbonyl (C=S) groups is 1. The van der Waals surface area contributed by atoms with Gasteiger partial charge >= 0.3 is 0 Å². The Hall–Kier alpha value is -2.60. The summed E-state index contributed by atoms with van der Waals surface area (Å²) in [6.07, 6.45) is 1.78. The van der Waals surface area contributed by atoms with E-state index in [1.807, 2.05) is 42.5 Å². The Morgan fingerprint density at radius 2 is 1.75 bits per heavy atom. The summed E-state index contributed by atoms with van der Waals surface area (Å²) in [5, 5.41) is 8.02. The van der Waals surface area contributed by atoms with E-state index in [0.717, 1.165) is 35.6 Å². The van der Waals surface area contributed by atoms with Crippen LogP contribution in [0.15, 0.2) is 47.6 Å². The second-order valence-corrected chi connectivity index (χ2v) is 5.76. The molecule has 0 bridgehead atoms. The monoisotopic (exact) mass is 341 g/mol. The van der Waals surface area contributed by atoms with E-state index in [2.05, 4.69) is 15.8 Å². The van der Waals surface area contributed by atoms with Crippen LogP contribution < -0.4 is 20.2 Å². The standard InChI is InChI=1S/C18H19N3O2S/c1-22-16-10-12-8-9-15(14(12)11-17(16)23-2)20-21-18(24)19-13-6-4-3-5-7-13/h3-7,10-11H,8-9H2,1-2H3,(H2,19,21,24)/b20-15+. The molecule has 1 aliphatic carbocycles. The van der Waals surface area contributed by atoms with Crippen molar-refractivity contribution in [1.29, 1.82) is 0 Å². The fourth-order valence-corrected chi connectivity index (χ4v) is 2.86. The van der Waals surface area contributed by atoms with Crippen LogP contribution in [0, 0.1) is 0 Å². The van der Waals surface area contributed by atoms with Gasteiger partial charge in [-0.2, -0.15) is 5.10 Å². The Morgan fingerprint density at radius 3 is 2.46 bits per heavy atom. The van der Waals surface area contributed by atoms with Gasteiger partial charge in [-0.25, -0.2) is 0 Å². The molecule has 0 radical (unpaired) electrons. The lowest BCUT2D eigenvalue weighted by Crippen LogP contribution is -2.25. The van der Waals surface area contributed by atoms with E-state index in [0.29, 0.717) is 10.9 Å². The molecule has 24 heavy (non-hydrogen) atoms. The van der Waals surface area contributed by atoms with E-state index in [9.17, 15) is 0 Å². The third kappa shape index (κ3) is 3.49. The molecule has 2 aromatic rings. The van der Waals surface area contributed by atoms with Crippen molar-refractivity contribution in [1.82, 2.24) is 5.43 Å². The summed E-state index contributed by atoms with van der Waals surface area (Å²) in [5.74, 6) is 1.45. The molecule has 0 saturated heterocycles. The van der Waals surface area contributed by atoms with E-state index in [4.69, 9.17) is 21.7 Å². The number of hydrogen-bond donors (Lipinski definition) is 2. The highest BCUT2D eigenvalue weighted by atomic mass is 32.1. The van der Waals surface area contributed by atoms with Crippen LogP contribution in [0.3, 0.4) is 0 Å². The van der Waals surface area contributed by atoms with Gasteiger partial charge in [0, 0.05) is 11.3 Å². The predicted molar refractivity (Wildman–Crippen MR) is 100 cm³/mol. The number of benzene rings is 2. The van der Waals surface area contributed by atoms with E-state index < -0.39 is 0 Å². The fraction of sp³-hybridized carbons (Fsp3) is 0.222. The quantitative estimate of drug-likeness (QED) is 0.660. The largest absolute Gasteiger partial charge is 0.493 e. The average molecular weight is 341 g/mol. The molecule has 0 heterocycles. The lowest BCUT2D eigenvalue weighted by molar-refractivity contribution is 0.354. The first-order chi connectivity index (χ1) is 11.7. The molecule has 0 aliphatic heterocycles. The number of ether oxygens (including phenoxy) is 2. The molecule has 5 nitrogen and oxygen atoms in total. The van der Waals surface area contributed by atoms with Gasteiger partial charge in [0.25, 0.3) is 0 Å². The summed E-state index contributed by atoms with van der Waals surface area (Å²) >= 11 is 5.28. The maximum atomic E-state index is 5.38. The molecule has 0 aromatic heterocycles. The first-order valence-corrected chi connectivity index (χ1v) is 8.06. The van der Waals surface area contributed by atoms with Crippen molar-refractivity contribution in [2.24, 2.45) is 5.10 Å². The van der Waals surface area contributed by atoms with Crippen LogP contribution in [0.25, 0.3) is 0 Å². The van der Waals surface area contributed by atoms with Gasteiger partial charge in [0.15, 0.2) is 16.6 Å². The summed E-state index contributed by atoms with van der Waals surface area (Å²) < 4.78 is 10.7. The van der Waals surface area contributed by atoms with Crippen molar-refractivity contribution in [3.8, 4) is 11.5 Å². The molecule has 0 saturated carbocycles. The van der Waals surface area contributed by atoms with Crippen molar-refractivity contribution < 1.29 is 9.47 Å². The highest BCUT2D eigenvalue weighted by Crippen LogP contribution is 2.34. The van der Waals surface area contributed by atoms with Crippen molar-refractivity contribution in [2.75, 3.05) is 19.5 Å². The zero-order valence-electron chi connectivity index (χ0n) is 13.6. The number of hydrogen-bond acceptors (Lipinski definition) is 4. The van der Waals surface area contributed by atoms with Crippen LogP contribution in [0.2, 0.25) is 0 Å². The van der Waals surface area contributed by atoms with Crippen molar-refractivity contribution >= 4 is 28.7 Å². The minimum absolute atomic E-state index is 0.461. The van der Waals surface area contributed by atoms with Gasteiger partial charge in [-0.15, -0.1) is 0 Å². The van der Waals surface area contributed by atoms with Gasteiger partial charge in [0.05, 0.1) is 19.9 Å². The zero-order valence-corrected chi connectivity index (χ0v) is 14.4. The molecule has 3 rings (SSSR count). The van der Waals surface area contributed by atoms with E-state index in [-0.39, 0.29) is 0 Å². The lowest BCUT2D eigenvalue weighted by atomic mass is 10.1. The Morgan fingerprint density at radius 1 is 1.04 bits per heavy atom. The normalized spacial score (nSPS) is 14.2. The lowest BCUT2D eigenvalue weighted by Gasteiger charge is -2.11. The van der Waals surface area contributed by atoms with Crippen molar-refractivity contribution in [3.05, 3.63) is 53.6 Å². The van der Waals surface area contributed by atoms with Crippen LogP contribution >= 0.6 is 12.2 Å². The molecule has 1 aliphatic rings. The number of nitrogens with one attached hydrogen (secondary N) is 2. The number of rotatable bonds is 4. The molecule has 0 atom stereocenters. The number of fused-ring (bicyclic) bond motifs is 1. The van der Waals surface area contributed by atoms with Crippen LogP contribution in [0.5, 0.6) is 11.5 Å². The van der Waals surface area contributed by atoms with E-state index >= 15 is 0 Å². The first kappa shape index (κ1) is 16.3. The molecule has 6 heteroatoms. The fourth-order valence-electron chi connectivity index (χ4n) is 2.70. The number of para-hydroxylation sites is 1. The topological polar surface area (TPSA) is 54.9 Å². The Labute approximate surface area is 146 Å². The maximum absolute atomic E-state index is 5.38. The minimum atomic E-state index is 0.461. The summed E-state index contributed by atoms with van der Waals surface area (Å²) in [6.45, 7) is 0. The third-order valence-electron chi connectivity index (χ3n) is 3.88. The molecule has 0 amide bonds. The Balaban J connectivity index is 1.73. The summed E-state index contributed by atoms with van der Waals surface area (Å²) in [4.78, 5) is 0. The van der Waals surface area contributed by atoms with Gasteiger partial charge in [0.1, 0.15) is 0 Å². The van der Waals surface area contributed by atoms with Crippen molar-refractivity contribution in [3.63, 3.8) is 0 Å². The highest BCUT2D eigenvalue weighted by Gasteiger charge is 2.21. The third-order valence-corrected chi connectivity index (χ3v) is 4.07. The molecular formula is C18H19N3O2S. The predicted octanol–water partition coefficient (Wildman–Crippen LogP) is 3.34. The number of anilines is 1. The molecule has 2 N–H and O–H groups in total. The van der Waals surface area contributed by atoms with E-state index in [1.54, 1.807) is 14.2 Å². The van der Waals surface area contributed by atoms with Crippen molar-refractivity contribution in [2.45, 2.75) is 12.8 Å². The molecule has 2 aromatic carbocycles. The highest BCUT2D eigenvalue weighted by molar-refractivity contribution is 7.80. The summed E-state index contributed by atoms with van der Waals surface area (Å²) in [5.41, 5.74) is 7.08. The maximum Gasteiger partial charge on any atom is 0.191 e. The molecular weight excluding hydrogens is 322 g/mol. The van der Waals surface area contributed by atoms with Gasteiger partial charge in [-0.1, -0.05) is 18.2 Å². The SMILES string of the molecule is COc1cc2c(cc1OC)/C(=N/NC(=S)Nc1ccccc1)CC2. The molecule has 0 unspecified atom stereocenters. The van der Waals surface area contributed by atoms with Crippen LogP contribution in [-0.4, -0.2) is 25.0 Å². The molecule has 124 valence electrons. The van der Waals surface area contributed by atoms with Gasteiger partial charge < -0.3 is 14.8 Å². The number of hydrazone groups is 1. The van der Waals surface area contributed by atoms with Gasteiger partial charge in [-0.3, -0.25) is 5.43 Å². The molecule has 0 fully saturated rings. The summed E-state index contributed by atoms with van der Waals surface area (Å²) in [6, 6.07) is 13.7. The Kier molecular flexibility index (Phi) is 4.96. The number of nitrogens with zero attached hydrogens (tertiary/aromatic N) is 1. The minimum Gasteiger partial charge on any atom is -0.493 e.